The van der Waals surface area contributed by atoms with E-state index in [2.05, 4.69) is 27.0 Å². The van der Waals surface area contributed by atoms with E-state index in [0.717, 1.165) is 36.2 Å². The first-order valence-electron chi connectivity index (χ1n) is 8.54. The van der Waals surface area contributed by atoms with E-state index in [1.54, 1.807) is 12.5 Å². The van der Waals surface area contributed by atoms with Crippen LogP contribution in [-0.4, -0.2) is 28.0 Å². The van der Waals surface area contributed by atoms with Gasteiger partial charge in [0.1, 0.15) is 0 Å². The Morgan fingerprint density at radius 1 is 1.40 bits per heavy atom. The van der Waals surface area contributed by atoms with Crippen molar-refractivity contribution in [2.24, 2.45) is 0 Å². The summed E-state index contributed by atoms with van der Waals surface area (Å²) in [7, 11) is 0. The summed E-state index contributed by atoms with van der Waals surface area (Å²) in [6, 6.07) is 5.62. The van der Waals surface area contributed by atoms with Gasteiger partial charge in [0.2, 0.25) is 5.91 Å². The van der Waals surface area contributed by atoms with Gasteiger partial charge in [-0.25, -0.2) is 9.78 Å². The first kappa shape index (κ1) is 17.0. The van der Waals surface area contributed by atoms with E-state index in [1.165, 1.54) is 0 Å². The fourth-order valence-electron chi connectivity index (χ4n) is 2.89. The molecule has 7 heteroatoms. The average molecular weight is 341 g/mol. The van der Waals surface area contributed by atoms with Gasteiger partial charge in [-0.05, 0) is 37.0 Å². The largest absolute Gasteiger partial charge is 0.338 e. The predicted octanol–water partition coefficient (Wildman–Crippen LogP) is 2.22. The highest BCUT2D eigenvalue weighted by molar-refractivity contribution is 5.93. The Hall–Kier alpha value is -2.83. The molecule has 1 unspecified atom stereocenters. The molecule has 0 spiro atoms. The number of nitrogens with zero attached hydrogens (tertiary/aromatic N) is 2. The highest BCUT2D eigenvalue weighted by atomic mass is 16.2. The summed E-state index contributed by atoms with van der Waals surface area (Å²) in [5.41, 5.74) is 3.02. The number of fused-ring (bicyclic) bond motifs is 1. The molecule has 7 nitrogen and oxygen atoms in total. The van der Waals surface area contributed by atoms with Crippen LogP contribution < -0.4 is 16.0 Å². The lowest BCUT2D eigenvalue weighted by Gasteiger charge is -2.20. The van der Waals surface area contributed by atoms with Gasteiger partial charge in [0, 0.05) is 37.6 Å². The number of carbonyl (C=O) groups excluding carboxylic acids is 2. The van der Waals surface area contributed by atoms with Crippen molar-refractivity contribution in [3.05, 3.63) is 48.0 Å². The van der Waals surface area contributed by atoms with E-state index in [9.17, 15) is 9.59 Å². The van der Waals surface area contributed by atoms with Gasteiger partial charge in [-0.2, -0.15) is 0 Å². The van der Waals surface area contributed by atoms with Crippen molar-refractivity contribution in [1.82, 2.24) is 20.2 Å². The molecular formula is C18H23N5O2. The molecule has 0 bridgehead atoms. The molecule has 0 saturated heterocycles. The summed E-state index contributed by atoms with van der Waals surface area (Å²) in [5, 5.41) is 8.69. The van der Waals surface area contributed by atoms with E-state index in [1.807, 2.05) is 29.8 Å². The van der Waals surface area contributed by atoms with Gasteiger partial charge >= 0.3 is 6.03 Å². The molecule has 1 atom stereocenters. The van der Waals surface area contributed by atoms with Crippen molar-refractivity contribution in [2.45, 2.75) is 38.8 Å². The Balaban J connectivity index is 1.45. The Morgan fingerprint density at radius 2 is 2.28 bits per heavy atom. The number of anilines is 1. The summed E-state index contributed by atoms with van der Waals surface area (Å²) in [5.74, 6) is 0.0569. The minimum absolute atomic E-state index is 0.0569. The van der Waals surface area contributed by atoms with E-state index >= 15 is 0 Å². The number of nitrogens with one attached hydrogen (secondary N) is 3. The first-order valence-corrected chi connectivity index (χ1v) is 8.54. The standard InChI is InChI=1S/C18H23N5O2/c1-13(14-3-5-16-15(11-14)4-6-17(24)22-16)21-18(25)20-7-2-9-23-10-8-19-12-23/h3,5,8,10-13H,2,4,6-7,9H2,1H3,(H,22,24)(H2,20,21,25). The van der Waals surface area contributed by atoms with E-state index in [0.29, 0.717) is 13.0 Å². The molecule has 132 valence electrons. The lowest BCUT2D eigenvalue weighted by atomic mass is 9.98. The minimum atomic E-state index is -0.177. The highest BCUT2D eigenvalue weighted by Crippen LogP contribution is 2.26. The number of rotatable bonds is 6. The minimum Gasteiger partial charge on any atom is -0.338 e. The van der Waals surface area contributed by atoms with Gasteiger partial charge in [0.05, 0.1) is 12.4 Å². The molecule has 1 aliphatic heterocycles. The molecule has 3 amide bonds. The molecule has 0 saturated carbocycles. The maximum Gasteiger partial charge on any atom is 0.315 e. The molecular weight excluding hydrogens is 318 g/mol. The van der Waals surface area contributed by atoms with E-state index in [-0.39, 0.29) is 18.0 Å². The topological polar surface area (TPSA) is 88.1 Å². The zero-order valence-corrected chi connectivity index (χ0v) is 14.3. The fraction of sp³-hybridized carbons (Fsp3) is 0.389. The van der Waals surface area contributed by atoms with Crippen molar-refractivity contribution in [3.63, 3.8) is 0 Å². The molecule has 1 aliphatic rings. The van der Waals surface area contributed by atoms with Crippen LogP contribution in [0.2, 0.25) is 0 Å². The lowest BCUT2D eigenvalue weighted by Crippen LogP contribution is -2.37. The molecule has 3 rings (SSSR count). The maximum absolute atomic E-state index is 12.0. The Morgan fingerprint density at radius 3 is 3.08 bits per heavy atom. The molecule has 2 heterocycles. The zero-order chi connectivity index (χ0) is 17.6. The monoisotopic (exact) mass is 341 g/mol. The molecule has 3 N–H and O–H groups in total. The predicted molar refractivity (Wildman–Crippen MR) is 95.2 cm³/mol. The quantitative estimate of drug-likeness (QED) is 0.704. The van der Waals surface area contributed by atoms with Crippen molar-refractivity contribution >= 4 is 17.6 Å². The number of imidazole rings is 1. The Kier molecular flexibility index (Phi) is 5.33. The molecule has 0 fully saturated rings. The van der Waals surface area contributed by atoms with Gasteiger partial charge in [-0.1, -0.05) is 12.1 Å². The number of aryl methyl sites for hydroxylation is 2. The number of aromatic nitrogens is 2. The van der Waals surface area contributed by atoms with Crippen LogP contribution >= 0.6 is 0 Å². The first-order chi connectivity index (χ1) is 12.1. The van der Waals surface area contributed by atoms with E-state index < -0.39 is 0 Å². The summed E-state index contributed by atoms with van der Waals surface area (Å²) in [6.45, 7) is 3.38. The number of urea groups is 1. The Labute approximate surface area is 146 Å². The van der Waals surface area contributed by atoms with Crippen LogP contribution in [0.5, 0.6) is 0 Å². The normalized spacial score (nSPS) is 14.4. The van der Waals surface area contributed by atoms with Crippen LogP contribution in [0.15, 0.2) is 36.9 Å². The average Bonchev–Trinajstić information content (AvgIpc) is 3.11. The number of carbonyl (C=O) groups is 2. The third kappa shape index (κ3) is 4.59. The number of amides is 3. The summed E-state index contributed by atoms with van der Waals surface area (Å²) >= 11 is 0. The third-order valence-corrected chi connectivity index (χ3v) is 4.31. The smallest absolute Gasteiger partial charge is 0.315 e. The second-order valence-electron chi connectivity index (χ2n) is 6.24. The maximum atomic E-state index is 12.0. The summed E-state index contributed by atoms with van der Waals surface area (Å²) < 4.78 is 1.98. The van der Waals surface area contributed by atoms with Gasteiger partial charge in [-0.3, -0.25) is 4.79 Å². The van der Waals surface area contributed by atoms with E-state index in [4.69, 9.17) is 0 Å². The van der Waals surface area contributed by atoms with Gasteiger partial charge in [-0.15, -0.1) is 0 Å². The molecule has 0 aliphatic carbocycles. The van der Waals surface area contributed by atoms with Crippen LogP contribution in [0.4, 0.5) is 10.5 Å². The van der Waals surface area contributed by atoms with Crippen LogP contribution in [0, 0.1) is 0 Å². The number of benzene rings is 1. The fourth-order valence-corrected chi connectivity index (χ4v) is 2.89. The van der Waals surface area contributed by atoms with Crippen LogP contribution in [-0.2, 0) is 17.8 Å². The summed E-state index contributed by atoms with van der Waals surface area (Å²) in [4.78, 5) is 27.4. The van der Waals surface area contributed by atoms with Crippen LogP contribution in [0.1, 0.15) is 36.9 Å². The van der Waals surface area contributed by atoms with Gasteiger partial charge < -0.3 is 20.5 Å². The van der Waals surface area contributed by atoms with Crippen molar-refractivity contribution < 1.29 is 9.59 Å². The summed E-state index contributed by atoms with van der Waals surface area (Å²) in [6.07, 6.45) is 7.50. The van der Waals surface area contributed by atoms with Crippen LogP contribution in [0.3, 0.4) is 0 Å². The number of hydrogen-bond acceptors (Lipinski definition) is 3. The van der Waals surface area contributed by atoms with Gasteiger partial charge in [0.25, 0.3) is 0 Å². The second kappa shape index (κ2) is 7.83. The highest BCUT2D eigenvalue weighted by Gasteiger charge is 2.17. The van der Waals surface area contributed by atoms with Crippen LogP contribution in [0.25, 0.3) is 0 Å². The molecule has 1 aromatic carbocycles. The zero-order valence-electron chi connectivity index (χ0n) is 14.3. The van der Waals surface area contributed by atoms with Crippen molar-refractivity contribution in [1.29, 1.82) is 0 Å². The van der Waals surface area contributed by atoms with Crippen molar-refractivity contribution in [3.8, 4) is 0 Å². The Bertz CT molecular complexity index is 742. The number of hydrogen-bond donors (Lipinski definition) is 3. The second-order valence-corrected chi connectivity index (χ2v) is 6.24. The molecule has 0 radical (unpaired) electrons. The van der Waals surface area contributed by atoms with Gasteiger partial charge in [0.15, 0.2) is 0 Å². The molecule has 25 heavy (non-hydrogen) atoms. The lowest BCUT2D eigenvalue weighted by molar-refractivity contribution is -0.116. The van der Waals surface area contributed by atoms with Crippen molar-refractivity contribution in [2.75, 3.05) is 11.9 Å². The molecule has 2 aromatic rings. The molecule has 1 aromatic heterocycles. The SMILES string of the molecule is CC(NC(=O)NCCCn1ccnc1)c1ccc2c(c1)CCC(=O)N2. The third-order valence-electron chi connectivity index (χ3n) is 4.31.